The number of benzene rings is 2. The molecular weight excluding hydrogens is 300 g/mol. The van der Waals surface area contributed by atoms with Crippen LogP contribution >= 0.6 is 0 Å². The van der Waals surface area contributed by atoms with Crippen LogP contribution in [0, 0.1) is 0 Å². The van der Waals surface area contributed by atoms with E-state index < -0.39 is 0 Å². The Morgan fingerprint density at radius 1 is 1.00 bits per heavy atom. The van der Waals surface area contributed by atoms with Crippen LogP contribution in [0.5, 0.6) is 0 Å². The number of para-hydroxylation sites is 3. The summed E-state index contributed by atoms with van der Waals surface area (Å²) >= 11 is 0. The molecule has 122 valence electrons. The van der Waals surface area contributed by atoms with E-state index >= 15 is 0 Å². The summed E-state index contributed by atoms with van der Waals surface area (Å²) in [4.78, 5) is 4.81. The van der Waals surface area contributed by atoms with Crippen molar-refractivity contribution in [2.24, 2.45) is 5.73 Å². The SMILES string of the molecule is CC(N)CCn1c(Cn2nnc3ccccc32)nc2ccccc21. The first-order chi connectivity index (χ1) is 11.7. The molecular formula is C18H20N6. The van der Waals surface area contributed by atoms with Gasteiger partial charge in [-0.25, -0.2) is 9.67 Å². The van der Waals surface area contributed by atoms with E-state index in [2.05, 4.69) is 20.9 Å². The van der Waals surface area contributed by atoms with Crippen molar-refractivity contribution in [1.29, 1.82) is 0 Å². The molecule has 2 aromatic heterocycles. The summed E-state index contributed by atoms with van der Waals surface area (Å²) in [6.45, 7) is 3.47. The topological polar surface area (TPSA) is 74.5 Å². The van der Waals surface area contributed by atoms with Gasteiger partial charge in [0.05, 0.1) is 16.6 Å². The number of nitrogens with two attached hydrogens (primary N) is 1. The fraction of sp³-hybridized carbons (Fsp3) is 0.278. The third-order valence-electron chi connectivity index (χ3n) is 4.25. The molecule has 2 heterocycles. The molecule has 24 heavy (non-hydrogen) atoms. The Labute approximate surface area is 139 Å². The lowest BCUT2D eigenvalue weighted by atomic mass is 10.2. The molecule has 6 heteroatoms. The molecule has 2 N–H and O–H groups in total. The third-order valence-corrected chi connectivity index (χ3v) is 4.25. The number of hydrogen-bond donors (Lipinski definition) is 1. The molecule has 1 atom stereocenters. The Balaban J connectivity index is 1.76. The van der Waals surface area contributed by atoms with Gasteiger partial charge in [-0.2, -0.15) is 0 Å². The minimum absolute atomic E-state index is 0.159. The van der Waals surface area contributed by atoms with Crippen molar-refractivity contribution in [3.05, 3.63) is 54.4 Å². The number of hydrogen-bond acceptors (Lipinski definition) is 4. The normalized spacial score (nSPS) is 12.9. The summed E-state index contributed by atoms with van der Waals surface area (Å²) in [7, 11) is 0. The van der Waals surface area contributed by atoms with Gasteiger partial charge in [0.1, 0.15) is 17.9 Å². The molecule has 2 aromatic carbocycles. The van der Waals surface area contributed by atoms with E-state index in [0.29, 0.717) is 6.54 Å². The highest BCUT2D eigenvalue weighted by molar-refractivity contribution is 5.76. The van der Waals surface area contributed by atoms with Crippen LogP contribution in [0.4, 0.5) is 0 Å². The van der Waals surface area contributed by atoms with E-state index in [1.165, 1.54) is 0 Å². The van der Waals surface area contributed by atoms with Crippen LogP contribution in [0.1, 0.15) is 19.2 Å². The van der Waals surface area contributed by atoms with E-state index in [1.54, 1.807) is 0 Å². The lowest BCUT2D eigenvalue weighted by Gasteiger charge is -2.11. The van der Waals surface area contributed by atoms with Crippen LogP contribution in [-0.2, 0) is 13.1 Å². The Kier molecular flexibility index (Phi) is 3.74. The van der Waals surface area contributed by atoms with Crippen LogP contribution in [0.25, 0.3) is 22.1 Å². The average molecular weight is 320 g/mol. The van der Waals surface area contributed by atoms with Crippen molar-refractivity contribution < 1.29 is 0 Å². The van der Waals surface area contributed by atoms with Crippen LogP contribution in [0.15, 0.2) is 48.5 Å². The molecule has 6 nitrogen and oxygen atoms in total. The lowest BCUT2D eigenvalue weighted by Crippen LogP contribution is -2.19. The second-order valence-corrected chi connectivity index (χ2v) is 6.17. The van der Waals surface area contributed by atoms with Gasteiger partial charge < -0.3 is 10.3 Å². The number of rotatable bonds is 5. The minimum Gasteiger partial charge on any atom is -0.328 e. The fourth-order valence-electron chi connectivity index (χ4n) is 3.00. The monoisotopic (exact) mass is 320 g/mol. The maximum Gasteiger partial charge on any atom is 0.131 e. The highest BCUT2D eigenvalue weighted by Crippen LogP contribution is 2.19. The summed E-state index contributed by atoms with van der Waals surface area (Å²) in [5.41, 5.74) is 10.0. The highest BCUT2D eigenvalue weighted by Gasteiger charge is 2.13. The Hall–Kier alpha value is -2.73. The second-order valence-electron chi connectivity index (χ2n) is 6.17. The molecule has 0 aliphatic heterocycles. The summed E-state index contributed by atoms with van der Waals surface area (Å²) < 4.78 is 4.15. The van der Waals surface area contributed by atoms with Crippen molar-refractivity contribution in [2.45, 2.75) is 32.5 Å². The van der Waals surface area contributed by atoms with E-state index in [1.807, 2.05) is 54.1 Å². The Morgan fingerprint density at radius 2 is 1.71 bits per heavy atom. The van der Waals surface area contributed by atoms with Crippen LogP contribution < -0.4 is 5.73 Å². The van der Waals surface area contributed by atoms with Crippen molar-refractivity contribution in [3.63, 3.8) is 0 Å². The standard InChI is InChI=1S/C18H20N6/c1-13(19)10-11-23-16-8-4-2-6-14(16)20-18(23)12-24-17-9-5-3-7-15(17)21-22-24/h2-9,13H,10-12,19H2,1H3. The first-order valence-corrected chi connectivity index (χ1v) is 8.20. The van der Waals surface area contributed by atoms with Crippen molar-refractivity contribution in [2.75, 3.05) is 0 Å². The van der Waals surface area contributed by atoms with Crippen molar-refractivity contribution in [1.82, 2.24) is 24.5 Å². The number of aromatic nitrogens is 5. The van der Waals surface area contributed by atoms with Crippen molar-refractivity contribution >= 4 is 22.1 Å². The summed E-state index contributed by atoms with van der Waals surface area (Å²) in [5.74, 6) is 0.979. The number of imidazole rings is 1. The van der Waals surface area contributed by atoms with Gasteiger partial charge in [-0.05, 0) is 37.6 Å². The van der Waals surface area contributed by atoms with Crippen molar-refractivity contribution in [3.8, 4) is 0 Å². The molecule has 0 aliphatic rings. The maximum absolute atomic E-state index is 5.95. The van der Waals surface area contributed by atoms with E-state index in [4.69, 9.17) is 10.7 Å². The molecule has 1 unspecified atom stereocenters. The molecule has 0 aliphatic carbocycles. The van der Waals surface area contributed by atoms with Gasteiger partial charge >= 0.3 is 0 Å². The number of fused-ring (bicyclic) bond motifs is 2. The lowest BCUT2D eigenvalue weighted by molar-refractivity contribution is 0.543. The van der Waals surface area contributed by atoms with Crippen LogP contribution in [0.2, 0.25) is 0 Å². The first-order valence-electron chi connectivity index (χ1n) is 8.20. The fourth-order valence-corrected chi connectivity index (χ4v) is 3.00. The van der Waals surface area contributed by atoms with E-state index in [9.17, 15) is 0 Å². The average Bonchev–Trinajstić information content (AvgIpc) is 3.15. The third kappa shape index (κ3) is 2.65. The van der Waals surface area contributed by atoms with Gasteiger partial charge in [0.25, 0.3) is 0 Å². The zero-order chi connectivity index (χ0) is 16.5. The summed E-state index contributed by atoms with van der Waals surface area (Å²) in [5, 5.41) is 8.51. The minimum atomic E-state index is 0.159. The van der Waals surface area contributed by atoms with Gasteiger partial charge in [-0.15, -0.1) is 5.10 Å². The number of nitrogens with zero attached hydrogens (tertiary/aromatic N) is 5. The van der Waals surface area contributed by atoms with E-state index in [0.717, 1.165) is 40.9 Å². The molecule has 0 bridgehead atoms. The highest BCUT2D eigenvalue weighted by atomic mass is 15.4. The zero-order valence-corrected chi connectivity index (χ0v) is 13.6. The van der Waals surface area contributed by atoms with Gasteiger partial charge in [-0.3, -0.25) is 0 Å². The second kappa shape index (κ2) is 6.05. The Morgan fingerprint density at radius 3 is 2.50 bits per heavy atom. The summed E-state index contributed by atoms with van der Waals surface area (Å²) in [6, 6.07) is 16.3. The molecule has 0 spiro atoms. The number of aryl methyl sites for hydroxylation is 1. The maximum atomic E-state index is 5.95. The van der Waals surface area contributed by atoms with Gasteiger partial charge in [0.2, 0.25) is 0 Å². The largest absolute Gasteiger partial charge is 0.328 e. The summed E-state index contributed by atoms with van der Waals surface area (Å²) in [6.07, 6.45) is 0.908. The van der Waals surface area contributed by atoms with Crippen LogP contribution in [-0.4, -0.2) is 30.6 Å². The molecule has 0 amide bonds. The molecule has 0 saturated heterocycles. The first kappa shape index (κ1) is 14.8. The molecule has 0 fully saturated rings. The molecule has 0 saturated carbocycles. The molecule has 4 aromatic rings. The van der Waals surface area contributed by atoms with E-state index in [-0.39, 0.29) is 6.04 Å². The molecule has 4 rings (SSSR count). The zero-order valence-electron chi connectivity index (χ0n) is 13.6. The quantitative estimate of drug-likeness (QED) is 0.613. The van der Waals surface area contributed by atoms with Gasteiger partial charge in [0, 0.05) is 12.6 Å². The van der Waals surface area contributed by atoms with Gasteiger partial charge in [-0.1, -0.05) is 29.5 Å². The molecule has 0 radical (unpaired) electrons. The smallest absolute Gasteiger partial charge is 0.131 e. The Bertz CT molecular complexity index is 981. The predicted molar refractivity (Wildman–Crippen MR) is 94.6 cm³/mol. The predicted octanol–water partition coefficient (Wildman–Crippen LogP) is 2.57. The van der Waals surface area contributed by atoms with Gasteiger partial charge in [0.15, 0.2) is 0 Å². The van der Waals surface area contributed by atoms with Crippen LogP contribution in [0.3, 0.4) is 0 Å².